The van der Waals surface area contributed by atoms with E-state index in [9.17, 15) is 9.59 Å². The fraction of sp³-hybridized carbons (Fsp3) is 0.450. The summed E-state index contributed by atoms with van der Waals surface area (Å²) in [7, 11) is 0. The van der Waals surface area contributed by atoms with Crippen molar-refractivity contribution in [2.45, 2.75) is 32.4 Å². The maximum atomic E-state index is 12.2. The van der Waals surface area contributed by atoms with Crippen molar-refractivity contribution in [3.05, 3.63) is 63.8 Å². The fourth-order valence-electron chi connectivity index (χ4n) is 3.25. The lowest BCUT2D eigenvalue weighted by Crippen LogP contribution is -2.44. The predicted molar refractivity (Wildman–Crippen MR) is 102 cm³/mol. The van der Waals surface area contributed by atoms with Crippen LogP contribution in [-0.4, -0.2) is 53.1 Å². The van der Waals surface area contributed by atoms with Crippen LogP contribution in [0.5, 0.6) is 0 Å². The van der Waals surface area contributed by atoms with Gasteiger partial charge in [0.15, 0.2) is 0 Å². The van der Waals surface area contributed by atoms with E-state index in [-0.39, 0.29) is 17.6 Å². The van der Waals surface area contributed by atoms with Crippen molar-refractivity contribution >= 4 is 5.91 Å². The highest BCUT2D eigenvalue weighted by molar-refractivity contribution is 5.76. The number of nitrogens with one attached hydrogen (secondary N) is 2. The highest BCUT2D eigenvalue weighted by atomic mass is 16.5. The van der Waals surface area contributed by atoms with Gasteiger partial charge in [0, 0.05) is 44.4 Å². The third-order valence-corrected chi connectivity index (χ3v) is 4.49. The minimum Gasteiger partial charge on any atom is -0.375 e. The van der Waals surface area contributed by atoms with E-state index in [1.54, 1.807) is 6.92 Å². The number of morpholine rings is 1. The monoisotopic (exact) mass is 370 g/mol. The van der Waals surface area contributed by atoms with E-state index in [2.05, 4.69) is 32.3 Å². The SMILES string of the molecule is Cc1cc(=O)[nH]c(CCNC(=O)C[C@@H]2CN(Cc3ccccc3)CCO2)n1. The second-order valence-corrected chi connectivity index (χ2v) is 6.85. The first-order valence-electron chi connectivity index (χ1n) is 9.30. The van der Waals surface area contributed by atoms with E-state index in [0.29, 0.717) is 37.5 Å². The highest BCUT2D eigenvalue weighted by Crippen LogP contribution is 2.12. The zero-order chi connectivity index (χ0) is 19.1. The average molecular weight is 370 g/mol. The van der Waals surface area contributed by atoms with E-state index in [0.717, 1.165) is 19.6 Å². The lowest BCUT2D eigenvalue weighted by molar-refractivity contribution is -0.126. The zero-order valence-corrected chi connectivity index (χ0v) is 15.6. The second-order valence-electron chi connectivity index (χ2n) is 6.85. The number of aromatic amines is 1. The summed E-state index contributed by atoms with van der Waals surface area (Å²) in [5.74, 6) is 0.541. The van der Waals surface area contributed by atoms with Gasteiger partial charge >= 0.3 is 0 Å². The molecule has 144 valence electrons. The Morgan fingerprint density at radius 1 is 1.37 bits per heavy atom. The Morgan fingerprint density at radius 2 is 2.19 bits per heavy atom. The van der Waals surface area contributed by atoms with Gasteiger partial charge in [0.25, 0.3) is 5.56 Å². The Labute approximate surface area is 158 Å². The summed E-state index contributed by atoms with van der Waals surface area (Å²) in [4.78, 5) is 32.9. The number of benzene rings is 1. The summed E-state index contributed by atoms with van der Waals surface area (Å²) >= 11 is 0. The molecule has 1 saturated heterocycles. The summed E-state index contributed by atoms with van der Waals surface area (Å²) in [6, 6.07) is 11.8. The summed E-state index contributed by atoms with van der Waals surface area (Å²) in [5, 5.41) is 2.88. The highest BCUT2D eigenvalue weighted by Gasteiger charge is 2.22. The molecule has 0 spiro atoms. The number of aromatic nitrogens is 2. The molecular weight excluding hydrogens is 344 g/mol. The Morgan fingerprint density at radius 3 is 2.96 bits per heavy atom. The van der Waals surface area contributed by atoms with Crippen LogP contribution < -0.4 is 10.9 Å². The maximum Gasteiger partial charge on any atom is 0.251 e. The standard InChI is InChI=1S/C20H26N4O3/c1-15-11-20(26)23-18(22-15)7-8-21-19(25)12-17-14-24(9-10-27-17)13-16-5-3-2-4-6-16/h2-6,11,17H,7-10,12-14H2,1H3,(H,21,25)(H,22,23,26)/t17-/m1/s1. The molecule has 1 aliphatic rings. The molecule has 1 amide bonds. The molecule has 7 nitrogen and oxygen atoms in total. The van der Waals surface area contributed by atoms with Gasteiger partial charge in [-0.1, -0.05) is 30.3 Å². The number of hydrogen-bond acceptors (Lipinski definition) is 5. The van der Waals surface area contributed by atoms with Crippen molar-refractivity contribution < 1.29 is 9.53 Å². The minimum absolute atomic E-state index is 0.0449. The smallest absolute Gasteiger partial charge is 0.251 e. The predicted octanol–water partition coefficient (Wildman–Crippen LogP) is 1.03. The number of aryl methyl sites for hydroxylation is 1. The summed E-state index contributed by atoms with van der Waals surface area (Å²) < 4.78 is 5.75. The molecule has 1 aromatic heterocycles. The van der Waals surface area contributed by atoms with Crippen LogP contribution in [0.4, 0.5) is 0 Å². The second kappa shape index (κ2) is 9.43. The number of nitrogens with zero attached hydrogens (tertiary/aromatic N) is 2. The zero-order valence-electron chi connectivity index (χ0n) is 15.6. The van der Waals surface area contributed by atoms with E-state index in [1.165, 1.54) is 11.6 Å². The van der Waals surface area contributed by atoms with E-state index in [4.69, 9.17) is 4.74 Å². The van der Waals surface area contributed by atoms with Gasteiger partial charge in [0.2, 0.25) is 5.91 Å². The number of carbonyl (C=O) groups excluding carboxylic acids is 1. The largest absolute Gasteiger partial charge is 0.375 e. The number of hydrogen-bond donors (Lipinski definition) is 2. The Hall–Kier alpha value is -2.51. The average Bonchev–Trinajstić information content (AvgIpc) is 2.62. The lowest BCUT2D eigenvalue weighted by Gasteiger charge is -2.32. The van der Waals surface area contributed by atoms with E-state index >= 15 is 0 Å². The molecule has 3 rings (SSSR count). The molecule has 0 unspecified atom stereocenters. The number of carbonyl (C=O) groups is 1. The minimum atomic E-state index is -0.169. The number of amides is 1. The molecule has 0 saturated carbocycles. The Balaban J connectivity index is 1.41. The first-order valence-corrected chi connectivity index (χ1v) is 9.30. The van der Waals surface area contributed by atoms with E-state index in [1.807, 2.05) is 18.2 Å². The number of ether oxygens (including phenoxy) is 1. The van der Waals surface area contributed by atoms with Crippen LogP contribution in [0, 0.1) is 6.92 Å². The Bertz CT molecular complexity index is 806. The molecular formula is C20H26N4O3. The molecule has 1 atom stereocenters. The summed E-state index contributed by atoms with van der Waals surface area (Å²) in [6.07, 6.45) is 0.733. The van der Waals surface area contributed by atoms with Crippen LogP contribution in [0.25, 0.3) is 0 Å². The fourth-order valence-corrected chi connectivity index (χ4v) is 3.25. The van der Waals surface area contributed by atoms with Gasteiger partial charge in [-0.3, -0.25) is 14.5 Å². The van der Waals surface area contributed by atoms with Gasteiger partial charge in [0.1, 0.15) is 5.82 Å². The molecule has 0 radical (unpaired) electrons. The number of rotatable bonds is 7. The number of H-pyrrole nitrogens is 1. The van der Waals surface area contributed by atoms with Crippen molar-refractivity contribution in [1.82, 2.24) is 20.2 Å². The molecule has 0 aliphatic carbocycles. The Kier molecular flexibility index (Phi) is 6.73. The molecule has 1 fully saturated rings. The van der Waals surface area contributed by atoms with Crippen LogP contribution in [0.1, 0.15) is 23.5 Å². The summed E-state index contributed by atoms with van der Waals surface area (Å²) in [6.45, 7) is 5.34. The third kappa shape index (κ3) is 6.30. The van der Waals surface area contributed by atoms with Crippen molar-refractivity contribution in [3.8, 4) is 0 Å². The van der Waals surface area contributed by atoms with Crippen LogP contribution >= 0.6 is 0 Å². The van der Waals surface area contributed by atoms with Gasteiger partial charge in [-0.25, -0.2) is 4.98 Å². The molecule has 2 aromatic rings. The normalized spacial score (nSPS) is 17.6. The van der Waals surface area contributed by atoms with Crippen molar-refractivity contribution in [2.75, 3.05) is 26.2 Å². The first kappa shape index (κ1) is 19.3. The van der Waals surface area contributed by atoms with Crippen molar-refractivity contribution in [3.63, 3.8) is 0 Å². The molecule has 7 heteroatoms. The molecule has 0 bridgehead atoms. The lowest BCUT2D eigenvalue weighted by atomic mass is 10.1. The molecule has 2 heterocycles. The van der Waals surface area contributed by atoms with Crippen LogP contribution in [0.2, 0.25) is 0 Å². The van der Waals surface area contributed by atoms with Crippen molar-refractivity contribution in [2.24, 2.45) is 0 Å². The first-order chi connectivity index (χ1) is 13.1. The van der Waals surface area contributed by atoms with Gasteiger partial charge in [-0.15, -0.1) is 0 Å². The van der Waals surface area contributed by atoms with Gasteiger partial charge in [0.05, 0.1) is 19.1 Å². The van der Waals surface area contributed by atoms with Crippen LogP contribution in [0.3, 0.4) is 0 Å². The topological polar surface area (TPSA) is 87.3 Å². The quantitative estimate of drug-likeness (QED) is 0.760. The maximum absolute atomic E-state index is 12.2. The third-order valence-electron chi connectivity index (χ3n) is 4.49. The molecule has 2 N–H and O–H groups in total. The van der Waals surface area contributed by atoms with Gasteiger partial charge in [-0.2, -0.15) is 0 Å². The molecule has 1 aliphatic heterocycles. The van der Waals surface area contributed by atoms with Crippen LogP contribution in [0.15, 0.2) is 41.2 Å². The molecule has 27 heavy (non-hydrogen) atoms. The van der Waals surface area contributed by atoms with E-state index < -0.39 is 0 Å². The van der Waals surface area contributed by atoms with Crippen molar-refractivity contribution in [1.29, 1.82) is 0 Å². The molecule has 1 aromatic carbocycles. The van der Waals surface area contributed by atoms with Crippen LogP contribution in [-0.2, 0) is 22.5 Å². The summed E-state index contributed by atoms with van der Waals surface area (Å²) in [5.41, 5.74) is 1.77. The van der Waals surface area contributed by atoms with Gasteiger partial charge < -0.3 is 15.0 Å². The van der Waals surface area contributed by atoms with Gasteiger partial charge in [-0.05, 0) is 12.5 Å².